The number of aromatic nitrogens is 3. The zero-order valence-corrected chi connectivity index (χ0v) is 32.5. The van der Waals surface area contributed by atoms with E-state index >= 15 is 0 Å². The van der Waals surface area contributed by atoms with Gasteiger partial charge < -0.3 is 9.80 Å². The second kappa shape index (κ2) is 15.7. The summed E-state index contributed by atoms with van der Waals surface area (Å²) in [5.74, 6) is -0.373. The molecule has 1 aliphatic heterocycles. The quantitative estimate of drug-likeness (QED) is 0.129. The van der Waals surface area contributed by atoms with Crippen LogP contribution in [0.15, 0.2) is 206 Å². The van der Waals surface area contributed by atoms with Crippen molar-refractivity contribution in [1.82, 2.24) is 15.0 Å². The molecule has 8 aromatic carbocycles. The van der Waals surface area contributed by atoms with E-state index in [1.165, 1.54) is 4.90 Å². The van der Waals surface area contributed by atoms with Gasteiger partial charge >= 0.3 is 0 Å². The number of para-hydroxylation sites is 4. The average Bonchev–Trinajstić information content (AvgIpc) is 3.91. The molecule has 0 aliphatic carbocycles. The molecule has 9 aromatic rings. The molecule has 8 nitrogen and oxygen atoms in total. The van der Waals surface area contributed by atoms with Gasteiger partial charge in [-0.2, -0.15) is 4.80 Å². The lowest BCUT2D eigenvalue weighted by Gasteiger charge is -2.25. The molecule has 0 saturated carbocycles. The number of imide groups is 1. The Balaban J connectivity index is 1.06. The van der Waals surface area contributed by atoms with Crippen LogP contribution in [0.2, 0.25) is 0 Å². The summed E-state index contributed by atoms with van der Waals surface area (Å²) < 4.78 is 0. The predicted molar refractivity (Wildman–Crippen MR) is 241 cm³/mol. The summed E-state index contributed by atoms with van der Waals surface area (Å²) in [6.07, 6.45) is 0.459. The zero-order valence-electron chi connectivity index (χ0n) is 32.5. The smallest absolute Gasteiger partial charge is 0.234 e. The van der Waals surface area contributed by atoms with Crippen molar-refractivity contribution in [2.24, 2.45) is 0 Å². The number of carbonyl (C=O) groups excluding carboxylic acids is 2. The summed E-state index contributed by atoms with van der Waals surface area (Å²) in [5, 5.41) is 10.2. The average molecular weight is 779 g/mol. The molecule has 60 heavy (non-hydrogen) atoms. The van der Waals surface area contributed by atoms with Crippen LogP contribution in [-0.2, 0) is 9.59 Å². The summed E-state index contributed by atoms with van der Waals surface area (Å²) in [7, 11) is 0. The summed E-state index contributed by atoms with van der Waals surface area (Å²) in [6.45, 7) is 0. The Morgan fingerprint density at radius 3 is 1.02 bits per heavy atom. The maximum Gasteiger partial charge on any atom is 0.234 e. The van der Waals surface area contributed by atoms with E-state index in [-0.39, 0.29) is 24.7 Å². The van der Waals surface area contributed by atoms with E-state index in [0.29, 0.717) is 11.4 Å². The van der Waals surface area contributed by atoms with Crippen LogP contribution in [0, 0.1) is 0 Å². The van der Waals surface area contributed by atoms with Crippen molar-refractivity contribution in [2.45, 2.75) is 12.8 Å². The molecule has 1 fully saturated rings. The number of fused-ring (bicyclic) bond motifs is 1. The van der Waals surface area contributed by atoms with Gasteiger partial charge in [0, 0.05) is 58.1 Å². The summed E-state index contributed by atoms with van der Waals surface area (Å²) in [6, 6.07) is 70.0. The number of amides is 2. The highest BCUT2D eigenvalue weighted by atomic mass is 16.2. The van der Waals surface area contributed by atoms with Gasteiger partial charge in [0.2, 0.25) is 11.8 Å². The van der Waals surface area contributed by atoms with Gasteiger partial charge in [0.05, 0.1) is 11.4 Å². The fourth-order valence-electron chi connectivity index (χ4n) is 7.96. The molecule has 2 amide bonds. The SMILES string of the molecule is O=C1CCC(=O)N1c1ccc(-n2nc3c(-c4ccc(N(c5ccccc5)c5ccccc5)cc4)ccc(-c4ccc(N(c5ccccc5)c5ccccc5)cc4)c3n2)cc1. The van der Waals surface area contributed by atoms with Gasteiger partial charge in [-0.25, -0.2) is 0 Å². The van der Waals surface area contributed by atoms with E-state index in [2.05, 4.69) is 168 Å². The molecule has 1 aromatic heterocycles. The number of anilines is 7. The molecule has 0 N–H and O–H groups in total. The van der Waals surface area contributed by atoms with Crippen molar-refractivity contribution in [3.63, 3.8) is 0 Å². The Kier molecular flexibility index (Phi) is 9.48. The third kappa shape index (κ3) is 6.86. The fourth-order valence-corrected chi connectivity index (χ4v) is 7.96. The van der Waals surface area contributed by atoms with Crippen LogP contribution in [0.3, 0.4) is 0 Å². The van der Waals surface area contributed by atoms with Crippen molar-refractivity contribution in [1.29, 1.82) is 0 Å². The monoisotopic (exact) mass is 778 g/mol. The van der Waals surface area contributed by atoms with Gasteiger partial charge in [0.25, 0.3) is 0 Å². The van der Waals surface area contributed by atoms with Crippen molar-refractivity contribution < 1.29 is 9.59 Å². The maximum absolute atomic E-state index is 12.5. The first-order chi connectivity index (χ1) is 29.6. The second-order valence-corrected chi connectivity index (χ2v) is 14.6. The Bertz CT molecular complexity index is 2680. The first-order valence-electron chi connectivity index (χ1n) is 20.0. The third-order valence-electron chi connectivity index (χ3n) is 10.9. The Morgan fingerprint density at radius 1 is 0.350 bits per heavy atom. The fraction of sp³-hybridized carbons (Fsp3) is 0.0385. The molecule has 2 heterocycles. The molecule has 0 unspecified atom stereocenters. The summed E-state index contributed by atoms with van der Waals surface area (Å²) >= 11 is 0. The minimum atomic E-state index is -0.187. The molecule has 8 heteroatoms. The van der Waals surface area contributed by atoms with E-state index in [4.69, 9.17) is 10.2 Å². The topological polar surface area (TPSA) is 74.6 Å². The van der Waals surface area contributed by atoms with E-state index in [1.807, 2.05) is 36.4 Å². The van der Waals surface area contributed by atoms with E-state index in [1.54, 1.807) is 16.9 Å². The predicted octanol–water partition coefficient (Wildman–Crippen LogP) is 12.3. The normalized spacial score (nSPS) is 12.6. The number of carbonyl (C=O) groups is 2. The zero-order chi connectivity index (χ0) is 40.4. The molecule has 0 bridgehead atoms. The highest BCUT2D eigenvalue weighted by Gasteiger charge is 2.30. The Labute approximate surface area is 347 Å². The molecule has 0 atom stereocenters. The Morgan fingerprint density at radius 2 is 0.667 bits per heavy atom. The third-order valence-corrected chi connectivity index (χ3v) is 10.9. The first kappa shape index (κ1) is 36.3. The number of rotatable bonds is 10. The highest BCUT2D eigenvalue weighted by molar-refractivity contribution is 6.19. The van der Waals surface area contributed by atoms with Crippen LogP contribution < -0.4 is 14.7 Å². The summed E-state index contributed by atoms with van der Waals surface area (Å²) in [5.41, 5.74) is 13.0. The van der Waals surface area contributed by atoms with Crippen LogP contribution in [0.1, 0.15) is 12.8 Å². The summed E-state index contributed by atoms with van der Waals surface area (Å²) in [4.78, 5) is 32.3. The van der Waals surface area contributed by atoms with Crippen LogP contribution >= 0.6 is 0 Å². The van der Waals surface area contributed by atoms with Crippen LogP contribution in [0.25, 0.3) is 39.0 Å². The van der Waals surface area contributed by atoms with Gasteiger partial charge in [0.15, 0.2) is 0 Å². The molecular weight excluding hydrogens is 741 g/mol. The molecule has 10 rings (SSSR count). The van der Waals surface area contributed by atoms with Crippen LogP contribution in [0.4, 0.5) is 39.8 Å². The second-order valence-electron chi connectivity index (χ2n) is 14.6. The number of benzene rings is 8. The molecule has 0 spiro atoms. The van der Waals surface area contributed by atoms with Crippen LogP contribution in [0.5, 0.6) is 0 Å². The number of nitrogens with zero attached hydrogens (tertiary/aromatic N) is 6. The highest BCUT2D eigenvalue weighted by Crippen LogP contribution is 2.40. The number of hydrogen-bond donors (Lipinski definition) is 0. The number of hydrogen-bond acceptors (Lipinski definition) is 6. The molecule has 0 radical (unpaired) electrons. The lowest BCUT2D eigenvalue weighted by atomic mass is 9.97. The van der Waals surface area contributed by atoms with Crippen molar-refractivity contribution in [2.75, 3.05) is 14.7 Å². The minimum Gasteiger partial charge on any atom is -0.311 e. The van der Waals surface area contributed by atoms with Gasteiger partial charge in [-0.15, -0.1) is 10.2 Å². The maximum atomic E-state index is 12.5. The van der Waals surface area contributed by atoms with Gasteiger partial charge in [-0.1, -0.05) is 109 Å². The van der Waals surface area contributed by atoms with Gasteiger partial charge in [-0.3, -0.25) is 14.5 Å². The molecular formula is C52H38N6O2. The largest absolute Gasteiger partial charge is 0.311 e. The standard InChI is InChI=1S/C52H38N6O2/c59-49-35-36-50(60)57(49)45-29-31-46(32-30-45)58-53-51-47(37-21-25-43(26-22-37)55(39-13-5-1-6-14-39)40-15-7-2-8-16-40)33-34-48(52(51)54-58)38-23-27-44(28-24-38)56(41-17-9-3-10-18-41)42-19-11-4-12-20-42/h1-34H,35-36H2. The molecule has 288 valence electrons. The first-order valence-corrected chi connectivity index (χ1v) is 20.0. The van der Waals surface area contributed by atoms with E-state index < -0.39 is 0 Å². The van der Waals surface area contributed by atoms with Crippen LogP contribution in [-0.4, -0.2) is 26.8 Å². The lowest BCUT2D eigenvalue weighted by Crippen LogP contribution is -2.28. The lowest BCUT2D eigenvalue weighted by molar-refractivity contribution is -0.121. The van der Waals surface area contributed by atoms with E-state index in [9.17, 15) is 9.59 Å². The molecule has 1 saturated heterocycles. The van der Waals surface area contributed by atoms with Crippen molar-refractivity contribution in [3.05, 3.63) is 206 Å². The Hall–Kier alpha value is -8.10. The minimum absolute atomic E-state index is 0.187. The van der Waals surface area contributed by atoms with Gasteiger partial charge in [0.1, 0.15) is 11.0 Å². The van der Waals surface area contributed by atoms with E-state index in [0.717, 1.165) is 67.4 Å². The van der Waals surface area contributed by atoms with Crippen molar-refractivity contribution >= 4 is 62.7 Å². The van der Waals surface area contributed by atoms with Gasteiger partial charge in [-0.05, 0) is 108 Å². The molecule has 1 aliphatic rings. The van der Waals surface area contributed by atoms with Crippen molar-refractivity contribution in [3.8, 4) is 27.9 Å².